The van der Waals surface area contributed by atoms with Crippen LogP contribution < -0.4 is 5.32 Å². The SMILES string of the molecule is CC(Cc1ccc(F)c(Br)c1)C(=O)N[C@@H]1CC[C@H](C(=O)O)C1. The molecule has 0 aliphatic heterocycles. The number of carbonyl (C=O) groups excluding carboxylic acids is 1. The van der Waals surface area contributed by atoms with Crippen LogP contribution in [0.2, 0.25) is 0 Å². The lowest BCUT2D eigenvalue weighted by atomic mass is 10.00. The van der Waals surface area contributed by atoms with Crippen molar-refractivity contribution in [3.63, 3.8) is 0 Å². The summed E-state index contributed by atoms with van der Waals surface area (Å²) in [5.74, 6) is -1.81. The van der Waals surface area contributed by atoms with Gasteiger partial charge in [0.05, 0.1) is 10.4 Å². The highest BCUT2D eigenvalue weighted by molar-refractivity contribution is 9.10. The highest BCUT2D eigenvalue weighted by atomic mass is 79.9. The average Bonchev–Trinajstić information content (AvgIpc) is 2.91. The first-order valence-corrected chi connectivity index (χ1v) is 8.13. The zero-order chi connectivity index (χ0) is 16.3. The van der Waals surface area contributed by atoms with Gasteiger partial charge in [-0.3, -0.25) is 9.59 Å². The van der Waals surface area contributed by atoms with Crippen molar-refractivity contribution in [3.05, 3.63) is 34.1 Å². The molecule has 0 heterocycles. The molecule has 0 spiro atoms. The molecule has 1 aromatic carbocycles. The Kier molecular flexibility index (Phi) is 5.56. The molecule has 0 saturated heterocycles. The molecule has 6 heteroatoms. The Morgan fingerprint density at radius 2 is 2.18 bits per heavy atom. The summed E-state index contributed by atoms with van der Waals surface area (Å²) in [7, 11) is 0. The third-order valence-electron chi connectivity index (χ3n) is 4.10. The summed E-state index contributed by atoms with van der Waals surface area (Å²) in [5, 5.41) is 11.9. The molecule has 2 N–H and O–H groups in total. The van der Waals surface area contributed by atoms with Crippen LogP contribution in [-0.2, 0) is 16.0 Å². The standard InChI is InChI=1S/C16H19BrFNO3/c1-9(6-10-2-5-14(18)13(17)7-10)15(20)19-12-4-3-11(8-12)16(21)22/h2,5,7,9,11-12H,3-4,6,8H2,1H3,(H,19,20)(H,21,22)/t9?,11-,12+/m0/s1. The summed E-state index contributed by atoms with van der Waals surface area (Å²) in [6, 6.07) is 4.66. The summed E-state index contributed by atoms with van der Waals surface area (Å²) in [6.07, 6.45) is 2.33. The first kappa shape index (κ1) is 16.9. The van der Waals surface area contributed by atoms with E-state index in [0.717, 1.165) is 5.56 Å². The number of benzene rings is 1. The van der Waals surface area contributed by atoms with E-state index in [0.29, 0.717) is 30.2 Å². The van der Waals surface area contributed by atoms with Crippen molar-refractivity contribution < 1.29 is 19.1 Å². The molecule has 1 amide bonds. The van der Waals surface area contributed by atoms with Crippen molar-refractivity contribution in [3.8, 4) is 0 Å². The molecular weight excluding hydrogens is 353 g/mol. The number of carboxylic acid groups (broad SMARTS) is 1. The molecule has 1 aliphatic carbocycles. The Balaban J connectivity index is 1.87. The molecule has 4 nitrogen and oxygen atoms in total. The first-order valence-electron chi connectivity index (χ1n) is 7.34. The van der Waals surface area contributed by atoms with E-state index >= 15 is 0 Å². The fourth-order valence-corrected chi connectivity index (χ4v) is 3.22. The minimum atomic E-state index is -0.791. The summed E-state index contributed by atoms with van der Waals surface area (Å²) < 4.78 is 13.6. The van der Waals surface area contributed by atoms with Gasteiger partial charge in [-0.2, -0.15) is 0 Å². The Bertz CT molecular complexity index is 579. The van der Waals surface area contributed by atoms with Crippen molar-refractivity contribution in [1.29, 1.82) is 0 Å². The van der Waals surface area contributed by atoms with Gasteiger partial charge in [-0.15, -0.1) is 0 Å². The van der Waals surface area contributed by atoms with E-state index < -0.39 is 5.97 Å². The van der Waals surface area contributed by atoms with Gasteiger partial charge < -0.3 is 10.4 Å². The summed E-state index contributed by atoms with van der Waals surface area (Å²) >= 11 is 3.13. The minimum absolute atomic E-state index is 0.0593. The van der Waals surface area contributed by atoms with Crippen LogP contribution in [0.4, 0.5) is 4.39 Å². The number of halogens is 2. The number of carboxylic acids is 1. The van der Waals surface area contributed by atoms with Gasteiger partial charge in [0.25, 0.3) is 0 Å². The average molecular weight is 372 g/mol. The molecular formula is C16H19BrFNO3. The molecule has 1 aromatic rings. The number of carbonyl (C=O) groups is 2. The number of rotatable bonds is 5. The lowest BCUT2D eigenvalue weighted by molar-refractivity contribution is -0.141. The predicted molar refractivity (Wildman–Crippen MR) is 83.9 cm³/mol. The predicted octanol–water partition coefficient (Wildman–Crippen LogP) is 3.14. The van der Waals surface area contributed by atoms with E-state index in [1.54, 1.807) is 12.1 Å². The molecule has 0 bridgehead atoms. The normalized spacial score (nSPS) is 22.3. The molecule has 2 rings (SSSR count). The summed E-state index contributed by atoms with van der Waals surface area (Å²) in [4.78, 5) is 23.1. The van der Waals surface area contributed by atoms with Gasteiger partial charge in [-0.1, -0.05) is 13.0 Å². The van der Waals surface area contributed by atoms with Crippen molar-refractivity contribution in [2.75, 3.05) is 0 Å². The van der Waals surface area contributed by atoms with Gasteiger partial charge in [0.2, 0.25) is 5.91 Å². The van der Waals surface area contributed by atoms with Gasteiger partial charge >= 0.3 is 5.97 Å². The zero-order valence-electron chi connectivity index (χ0n) is 12.3. The van der Waals surface area contributed by atoms with Crippen molar-refractivity contribution in [2.45, 2.75) is 38.6 Å². The van der Waals surface area contributed by atoms with Gasteiger partial charge in [-0.25, -0.2) is 4.39 Å². The topological polar surface area (TPSA) is 66.4 Å². The molecule has 1 fully saturated rings. The summed E-state index contributed by atoms with van der Waals surface area (Å²) in [6.45, 7) is 1.82. The number of hydrogen-bond donors (Lipinski definition) is 2. The van der Waals surface area contributed by atoms with Crippen molar-refractivity contribution in [1.82, 2.24) is 5.32 Å². The third-order valence-corrected chi connectivity index (χ3v) is 4.71. The molecule has 120 valence electrons. The van der Waals surface area contributed by atoms with Crippen LogP contribution in [0.3, 0.4) is 0 Å². The van der Waals surface area contributed by atoms with Crippen LogP contribution in [0, 0.1) is 17.7 Å². The second kappa shape index (κ2) is 7.22. The van der Waals surface area contributed by atoms with E-state index in [2.05, 4.69) is 21.2 Å². The Labute approximate surface area is 137 Å². The highest BCUT2D eigenvalue weighted by Crippen LogP contribution is 2.26. The van der Waals surface area contributed by atoms with Gasteiger partial charge in [0, 0.05) is 12.0 Å². The largest absolute Gasteiger partial charge is 0.481 e. The first-order chi connectivity index (χ1) is 10.4. The molecule has 1 unspecified atom stereocenters. The quantitative estimate of drug-likeness (QED) is 0.835. The van der Waals surface area contributed by atoms with Gasteiger partial charge in [-0.05, 0) is 59.3 Å². The minimum Gasteiger partial charge on any atom is -0.481 e. The van der Waals surface area contributed by atoms with Crippen LogP contribution in [0.1, 0.15) is 31.7 Å². The van der Waals surface area contributed by atoms with Crippen LogP contribution in [-0.4, -0.2) is 23.0 Å². The Morgan fingerprint density at radius 1 is 1.45 bits per heavy atom. The third kappa shape index (κ3) is 4.29. The lowest BCUT2D eigenvalue weighted by Crippen LogP contribution is -2.37. The maximum Gasteiger partial charge on any atom is 0.306 e. The van der Waals surface area contributed by atoms with E-state index in [1.165, 1.54) is 6.07 Å². The van der Waals surface area contributed by atoms with E-state index in [-0.39, 0.29) is 29.6 Å². The lowest BCUT2D eigenvalue weighted by Gasteiger charge is -2.17. The van der Waals surface area contributed by atoms with Crippen LogP contribution in [0.15, 0.2) is 22.7 Å². The maximum absolute atomic E-state index is 13.2. The number of aliphatic carboxylic acids is 1. The van der Waals surface area contributed by atoms with Gasteiger partial charge in [0.15, 0.2) is 0 Å². The van der Waals surface area contributed by atoms with E-state index in [1.807, 2.05) is 6.92 Å². The number of hydrogen-bond acceptors (Lipinski definition) is 2. The van der Waals surface area contributed by atoms with Crippen molar-refractivity contribution >= 4 is 27.8 Å². The Hall–Kier alpha value is -1.43. The smallest absolute Gasteiger partial charge is 0.306 e. The second-order valence-corrected chi connectivity index (χ2v) is 6.76. The van der Waals surface area contributed by atoms with Crippen molar-refractivity contribution in [2.24, 2.45) is 11.8 Å². The number of amides is 1. The monoisotopic (exact) mass is 371 g/mol. The van der Waals surface area contributed by atoms with E-state index in [9.17, 15) is 14.0 Å². The maximum atomic E-state index is 13.2. The fourth-order valence-electron chi connectivity index (χ4n) is 2.79. The highest BCUT2D eigenvalue weighted by Gasteiger charge is 2.31. The van der Waals surface area contributed by atoms with Crippen LogP contribution >= 0.6 is 15.9 Å². The van der Waals surface area contributed by atoms with E-state index in [4.69, 9.17) is 5.11 Å². The summed E-state index contributed by atoms with van der Waals surface area (Å²) in [5.41, 5.74) is 0.880. The van der Waals surface area contributed by atoms with Gasteiger partial charge in [0.1, 0.15) is 5.82 Å². The molecule has 22 heavy (non-hydrogen) atoms. The second-order valence-electron chi connectivity index (χ2n) is 5.91. The Morgan fingerprint density at radius 3 is 2.77 bits per heavy atom. The molecule has 0 aromatic heterocycles. The molecule has 0 radical (unpaired) electrons. The number of nitrogens with one attached hydrogen (secondary N) is 1. The molecule has 1 saturated carbocycles. The van der Waals surface area contributed by atoms with Crippen LogP contribution in [0.25, 0.3) is 0 Å². The molecule has 1 aliphatic rings. The fraction of sp³-hybridized carbons (Fsp3) is 0.500. The molecule has 3 atom stereocenters. The van der Waals surface area contributed by atoms with Crippen LogP contribution in [0.5, 0.6) is 0 Å². The zero-order valence-corrected chi connectivity index (χ0v) is 13.9.